The summed E-state index contributed by atoms with van der Waals surface area (Å²) < 4.78 is 0. The maximum absolute atomic E-state index is 12.6. The van der Waals surface area contributed by atoms with Gasteiger partial charge in [-0.2, -0.15) is 11.8 Å². The van der Waals surface area contributed by atoms with Crippen LogP contribution < -0.4 is 16.4 Å². The Hall–Kier alpha value is -2.06. The summed E-state index contributed by atoms with van der Waals surface area (Å²) in [5.74, 6) is 0.229. The summed E-state index contributed by atoms with van der Waals surface area (Å²) in [6.07, 6.45) is 4.76. The van der Waals surface area contributed by atoms with Gasteiger partial charge in [-0.3, -0.25) is 14.4 Å². The molecule has 0 saturated carbocycles. The van der Waals surface area contributed by atoms with Gasteiger partial charge in [0.1, 0.15) is 6.04 Å². The molecule has 7 nitrogen and oxygen atoms in total. The van der Waals surface area contributed by atoms with Crippen LogP contribution in [0.3, 0.4) is 0 Å². The van der Waals surface area contributed by atoms with Gasteiger partial charge in [-0.05, 0) is 62.3 Å². The predicted molar refractivity (Wildman–Crippen MR) is 122 cm³/mol. The Morgan fingerprint density at radius 1 is 1.20 bits per heavy atom. The average Bonchev–Trinajstić information content (AvgIpc) is 2.77. The molecule has 2 rings (SSSR count). The van der Waals surface area contributed by atoms with E-state index in [1.807, 2.05) is 30.5 Å². The molecule has 4 N–H and O–H groups in total. The Balaban J connectivity index is 1.77. The summed E-state index contributed by atoms with van der Waals surface area (Å²) >= 11 is 1.67. The average molecular weight is 435 g/mol. The zero-order valence-electron chi connectivity index (χ0n) is 18.1. The van der Waals surface area contributed by atoms with Crippen LogP contribution in [-0.4, -0.2) is 59.8 Å². The predicted octanol–water partition coefficient (Wildman–Crippen LogP) is 2.01. The topological polar surface area (TPSA) is 105 Å². The highest BCUT2D eigenvalue weighted by Crippen LogP contribution is 2.19. The number of benzene rings is 1. The molecule has 1 aliphatic heterocycles. The number of thioether (sulfide) groups is 1. The van der Waals surface area contributed by atoms with E-state index in [0.717, 1.165) is 12.2 Å². The molecule has 2 unspecified atom stereocenters. The van der Waals surface area contributed by atoms with E-state index in [0.29, 0.717) is 38.0 Å². The van der Waals surface area contributed by atoms with Gasteiger partial charge in [0.25, 0.3) is 0 Å². The van der Waals surface area contributed by atoms with E-state index in [9.17, 15) is 14.4 Å². The van der Waals surface area contributed by atoms with E-state index in [1.54, 1.807) is 23.6 Å². The highest BCUT2D eigenvalue weighted by molar-refractivity contribution is 7.98. The summed E-state index contributed by atoms with van der Waals surface area (Å²) in [5.41, 5.74) is 7.89. The minimum atomic E-state index is -0.636. The normalized spacial score (nSPS) is 16.6. The fraction of sp³-hybridized carbons (Fsp3) is 0.591. The largest absolute Gasteiger partial charge is 0.344 e. The summed E-state index contributed by atoms with van der Waals surface area (Å²) in [7, 11) is 0. The number of aryl methyl sites for hydroxylation is 1. The first-order chi connectivity index (χ1) is 14.3. The van der Waals surface area contributed by atoms with Gasteiger partial charge in [-0.25, -0.2) is 0 Å². The lowest BCUT2D eigenvalue weighted by atomic mass is 9.95. The minimum Gasteiger partial charge on any atom is -0.344 e. The van der Waals surface area contributed by atoms with Crippen LogP contribution in [0.5, 0.6) is 0 Å². The van der Waals surface area contributed by atoms with Crippen LogP contribution >= 0.6 is 11.8 Å². The maximum atomic E-state index is 12.6. The first kappa shape index (κ1) is 24.2. The fourth-order valence-electron chi connectivity index (χ4n) is 3.44. The fourth-order valence-corrected chi connectivity index (χ4v) is 3.93. The van der Waals surface area contributed by atoms with Crippen LogP contribution in [0.25, 0.3) is 0 Å². The van der Waals surface area contributed by atoms with Gasteiger partial charge in [0.15, 0.2) is 0 Å². The van der Waals surface area contributed by atoms with Gasteiger partial charge in [0.05, 0.1) is 6.04 Å². The number of nitrogens with one attached hydrogen (secondary N) is 2. The molecule has 8 heteroatoms. The second-order valence-electron chi connectivity index (χ2n) is 7.76. The molecule has 0 aromatic heterocycles. The minimum absolute atomic E-state index is 0.0373. The number of likely N-dealkylation sites (tertiary alicyclic amines) is 1. The molecule has 3 amide bonds. The number of carbonyl (C=O) groups excluding carboxylic acids is 3. The van der Waals surface area contributed by atoms with Crippen molar-refractivity contribution in [1.82, 2.24) is 10.2 Å². The van der Waals surface area contributed by atoms with Crippen molar-refractivity contribution in [3.05, 3.63) is 29.8 Å². The molecular weight excluding hydrogens is 400 g/mol. The Kier molecular flexibility index (Phi) is 9.65. The van der Waals surface area contributed by atoms with Crippen LogP contribution in [0, 0.1) is 5.92 Å². The van der Waals surface area contributed by atoms with Gasteiger partial charge >= 0.3 is 0 Å². The lowest BCUT2D eigenvalue weighted by Crippen LogP contribution is -2.50. The van der Waals surface area contributed by atoms with E-state index in [-0.39, 0.29) is 23.6 Å². The van der Waals surface area contributed by atoms with Crippen LogP contribution in [-0.2, 0) is 20.8 Å². The van der Waals surface area contributed by atoms with Gasteiger partial charge in [0.2, 0.25) is 17.7 Å². The molecular formula is C22H34N4O3S. The third-order valence-electron chi connectivity index (χ3n) is 5.51. The van der Waals surface area contributed by atoms with Crippen molar-refractivity contribution in [1.29, 1.82) is 0 Å². The first-order valence-corrected chi connectivity index (χ1v) is 12.0. The third kappa shape index (κ3) is 7.02. The zero-order chi connectivity index (χ0) is 22.1. The van der Waals surface area contributed by atoms with Crippen LogP contribution in [0.4, 0.5) is 5.69 Å². The molecule has 0 bridgehead atoms. The number of hydrogen-bond acceptors (Lipinski definition) is 5. The number of nitrogens with two attached hydrogens (primary N) is 1. The highest BCUT2D eigenvalue weighted by Gasteiger charge is 2.30. The molecule has 1 fully saturated rings. The first-order valence-electron chi connectivity index (χ1n) is 10.6. The number of piperidine rings is 1. The molecule has 0 spiro atoms. The summed E-state index contributed by atoms with van der Waals surface area (Å²) in [6, 6.07) is 6.56. The van der Waals surface area contributed by atoms with Crippen molar-refractivity contribution in [3.63, 3.8) is 0 Å². The van der Waals surface area contributed by atoms with Crippen molar-refractivity contribution in [2.24, 2.45) is 11.7 Å². The molecule has 166 valence electrons. The molecule has 0 radical (unpaired) electrons. The lowest BCUT2D eigenvalue weighted by Gasteiger charge is -2.33. The van der Waals surface area contributed by atoms with E-state index in [1.165, 1.54) is 5.56 Å². The Morgan fingerprint density at radius 2 is 1.83 bits per heavy atom. The standard InChI is InChI=1S/C22H34N4O3S/c1-4-16-5-7-18(8-6-16)25-20(27)15(2)24-21(28)17-9-12-26(13-10-17)22(29)19(23)11-14-30-3/h5-8,15,17,19H,4,9-14,23H2,1-3H3,(H,24,28)(H,25,27). The van der Waals surface area contributed by atoms with E-state index >= 15 is 0 Å². The molecule has 1 aliphatic rings. The quantitative estimate of drug-likeness (QED) is 0.551. The van der Waals surface area contributed by atoms with Crippen molar-refractivity contribution in [2.45, 2.75) is 51.6 Å². The zero-order valence-corrected chi connectivity index (χ0v) is 19.0. The van der Waals surface area contributed by atoms with Crippen molar-refractivity contribution in [2.75, 3.05) is 30.4 Å². The second-order valence-corrected chi connectivity index (χ2v) is 8.74. The lowest BCUT2D eigenvalue weighted by molar-refractivity contribution is -0.137. The molecule has 1 aromatic rings. The third-order valence-corrected chi connectivity index (χ3v) is 6.15. The van der Waals surface area contributed by atoms with Gasteiger partial charge in [-0.15, -0.1) is 0 Å². The van der Waals surface area contributed by atoms with Gasteiger partial charge in [-0.1, -0.05) is 19.1 Å². The summed E-state index contributed by atoms with van der Waals surface area (Å²) in [6.45, 7) is 4.80. The van der Waals surface area contributed by atoms with E-state index in [2.05, 4.69) is 17.6 Å². The van der Waals surface area contributed by atoms with Crippen molar-refractivity contribution in [3.8, 4) is 0 Å². The molecule has 1 saturated heterocycles. The van der Waals surface area contributed by atoms with Crippen LogP contribution in [0.15, 0.2) is 24.3 Å². The maximum Gasteiger partial charge on any atom is 0.246 e. The van der Waals surface area contributed by atoms with Gasteiger partial charge < -0.3 is 21.3 Å². The molecule has 1 heterocycles. The Labute approximate surface area is 183 Å². The number of anilines is 1. The van der Waals surface area contributed by atoms with Crippen LogP contribution in [0.2, 0.25) is 0 Å². The second kappa shape index (κ2) is 12.0. The number of amides is 3. The monoisotopic (exact) mass is 434 g/mol. The number of nitrogens with zero attached hydrogens (tertiary/aromatic N) is 1. The number of rotatable bonds is 9. The summed E-state index contributed by atoms with van der Waals surface area (Å²) in [5, 5.41) is 5.64. The van der Waals surface area contributed by atoms with E-state index < -0.39 is 12.1 Å². The SMILES string of the molecule is CCc1ccc(NC(=O)C(C)NC(=O)C2CCN(C(=O)C(N)CCSC)CC2)cc1. The van der Waals surface area contributed by atoms with Crippen molar-refractivity contribution < 1.29 is 14.4 Å². The summed E-state index contributed by atoms with van der Waals surface area (Å²) in [4.78, 5) is 39.1. The highest BCUT2D eigenvalue weighted by atomic mass is 32.2. The smallest absolute Gasteiger partial charge is 0.246 e. The Bertz CT molecular complexity index is 718. The number of carbonyl (C=O) groups is 3. The molecule has 2 atom stereocenters. The molecule has 1 aromatic carbocycles. The molecule has 0 aliphatic carbocycles. The molecule has 30 heavy (non-hydrogen) atoms. The van der Waals surface area contributed by atoms with Gasteiger partial charge in [0, 0.05) is 24.7 Å². The number of hydrogen-bond donors (Lipinski definition) is 3. The van der Waals surface area contributed by atoms with Crippen LogP contribution in [0.1, 0.15) is 38.7 Å². The van der Waals surface area contributed by atoms with Crippen molar-refractivity contribution >= 4 is 35.2 Å². The van der Waals surface area contributed by atoms with E-state index in [4.69, 9.17) is 5.73 Å². The Morgan fingerprint density at radius 3 is 2.40 bits per heavy atom.